The first kappa shape index (κ1) is 19.3. The zero-order valence-corrected chi connectivity index (χ0v) is 17.1. The van der Waals surface area contributed by atoms with Gasteiger partial charge >= 0.3 is 0 Å². The van der Waals surface area contributed by atoms with E-state index in [1.807, 2.05) is 43.3 Å². The van der Waals surface area contributed by atoms with Gasteiger partial charge in [-0.1, -0.05) is 35.5 Å². The standard InChI is InChI=1S/C21H17ClN4O2S/c1-14-8-9-15(28-14)13-26-19(10-12-24-26)25-20(27)16-5-4-11-23-21(16)29-18-7-3-2-6-17(18)22/h2-12H,13H2,1H3,(H,25,27). The molecule has 8 heteroatoms. The van der Waals surface area contributed by atoms with E-state index in [0.717, 1.165) is 16.4 Å². The number of nitrogens with zero attached hydrogens (tertiary/aromatic N) is 3. The van der Waals surface area contributed by atoms with E-state index in [4.69, 9.17) is 16.0 Å². The Bertz CT molecular complexity index is 1150. The minimum Gasteiger partial charge on any atom is -0.464 e. The van der Waals surface area contributed by atoms with E-state index in [1.165, 1.54) is 11.8 Å². The molecule has 6 nitrogen and oxygen atoms in total. The third-order valence-corrected chi connectivity index (χ3v) is 5.66. The topological polar surface area (TPSA) is 73.0 Å². The number of anilines is 1. The second kappa shape index (κ2) is 8.55. The molecule has 0 aliphatic heterocycles. The number of nitrogens with one attached hydrogen (secondary N) is 1. The number of carbonyl (C=O) groups is 1. The number of carbonyl (C=O) groups excluding carboxylic acids is 1. The van der Waals surface area contributed by atoms with Crippen LogP contribution in [0.2, 0.25) is 5.02 Å². The lowest BCUT2D eigenvalue weighted by atomic mass is 10.2. The average molecular weight is 425 g/mol. The summed E-state index contributed by atoms with van der Waals surface area (Å²) in [4.78, 5) is 18.2. The molecule has 0 atom stereocenters. The van der Waals surface area contributed by atoms with Gasteiger partial charge in [0.25, 0.3) is 5.91 Å². The van der Waals surface area contributed by atoms with Crippen molar-refractivity contribution in [3.8, 4) is 0 Å². The molecule has 0 aliphatic carbocycles. The van der Waals surface area contributed by atoms with Gasteiger partial charge in [-0.2, -0.15) is 5.10 Å². The maximum absolute atomic E-state index is 13.0. The van der Waals surface area contributed by atoms with Crippen molar-refractivity contribution in [1.82, 2.24) is 14.8 Å². The Labute approximate surface area is 176 Å². The van der Waals surface area contributed by atoms with Crippen LogP contribution < -0.4 is 5.32 Å². The summed E-state index contributed by atoms with van der Waals surface area (Å²) in [5, 5.41) is 8.37. The molecule has 0 unspecified atom stereocenters. The number of rotatable bonds is 6. The van der Waals surface area contributed by atoms with Crippen molar-refractivity contribution in [3.05, 3.63) is 89.1 Å². The van der Waals surface area contributed by atoms with E-state index < -0.39 is 0 Å². The van der Waals surface area contributed by atoms with Crippen LogP contribution in [0.3, 0.4) is 0 Å². The fourth-order valence-electron chi connectivity index (χ4n) is 2.74. The van der Waals surface area contributed by atoms with E-state index in [0.29, 0.717) is 28.0 Å². The molecule has 0 spiro atoms. The monoisotopic (exact) mass is 424 g/mol. The molecule has 0 aliphatic rings. The highest BCUT2D eigenvalue weighted by Gasteiger charge is 2.16. The third-order valence-electron chi connectivity index (χ3n) is 4.12. The predicted octanol–water partition coefficient (Wildman–Crippen LogP) is 5.28. The number of hydrogen-bond donors (Lipinski definition) is 1. The first-order valence-electron chi connectivity index (χ1n) is 8.86. The molecule has 0 radical (unpaired) electrons. The lowest BCUT2D eigenvalue weighted by molar-refractivity contribution is 0.102. The number of benzene rings is 1. The van der Waals surface area contributed by atoms with Crippen molar-refractivity contribution < 1.29 is 9.21 Å². The van der Waals surface area contributed by atoms with Gasteiger partial charge < -0.3 is 9.73 Å². The number of halogens is 1. The number of aryl methyl sites for hydroxylation is 1. The minimum atomic E-state index is -0.273. The fraction of sp³-hybridized carbons (Fsp3) is 0.0952. The smallest absolute Gasteiger partial charge is 0.259 e. The summed E-state index contributed by atoms with van der Waals surface area (Å²) in [6.45, 7) is 2.31. The zero-order valence-electron chi connectivity index (χ0n) is 15.5. The Morgan fingerprint density at radius 1 is 1.14 bits per heavy atom. The van der Waals surface area contributed by atoms with Crippen LogP contribution in [0.1, 0.15) is 21.9 Å². The lowest BCUT2D eigenvalue weighted by Crippen LogP contribution is -2.17. The van der Waals surface area contributed by atoms with Crippen molar-refractivity contribution in [2.75, 3.05) is 5.32 Å². The van der Waals surface area contributed by atoms with Gasteiger partial charge in [0.2, 0.25) is 0 Å². The van der Waals surface area contributed by atoms with Gasteiger partial charge in [0.1, 0.15) is 28.9 Å². The summed E-state index contributed by atoms with van der Waals surface area (Å²) < 4.78 is 7.27. The normalized spacial score (nSPS) is 10.8. The van der Waals surface area contributed by atoms with Crippen LogP contribution in [-0.4, -0.2) is 20.7 Å². The van der Waals surface area contributed by atoms with Gasteiger partial charge in [-0.25, -0.2) is 9.67 Å². The Morgan fingerprint density at radius 3 is 2.79 bits per heavy atom. The second-order valence-electron chi connectivity index (χ2n) is 6.23. The number of furan rings is 1. The molecule has 29 heavy (non-hydrogen) atoms. The van der Waals surface area contributed by atoms with Gasteiger partial charge in [-0.05, 0) is 43.3 Å². The fourth-order valence-corrected chi connectivity index (χ4v) is 3.90. The first-order chi connectivity index (χ1) is 14.1. The molecular formula is C21H17ClN4O2S. The van der Waals surface area contributed by atoms with Crippen LogP contribution in [0.25, 0.3) is 0 Å². The van der Waals surface area contributed by atoms with Crippen LogP contribution in [0.5, 0.6) is 0 Å². The van der Waals surface area contributed by atoms with Crippen molar-refractivity contribution in [3.63, 3.8) is 0 Å². The number of pyridine rings is 1. The minimum absolute atomic E-state index is 0.273. The van der Waals surface area contributed by atoms with Gasteiger partial charge in [0.05, 0.1) is 16.8 Å². The Balaban J connectivity index is 1.54. The van der Waals surface area contributed by atoms with Crippen molar-refractivity contribution in [2.24, 2.45) is 0 Å². The Hall–Kier alpha value is -3.03. The first-order valence-corrected chi connectivity index (χ1v) is 10.1. The zero-order chi connectivity index (χ0) is 20.2. The molecule has 0 fully saturated rings. The van der Waals surface area contributed by atoms with Crippen LogP contribution in [0.4, 0.5) is 5.82 Å². The highest BCUT2D eigenvalue weighted by molar-refractivity contribution is 7.99. The third kappa shape index (κ3) is 4.52. The molecule has 0 bridgehead atoms. The molecule has 1 N–H and O–H groups in total. The van der Waals surface area contributed by atoms with Gasteiger partial charge in [-0.15, -0.1) is 0 Å². The van der Waals surface area contributed by atoms with Crippen molar-refractivity contribution in [1.29, 1.82) is 0 Å². The number of amides is 1. The molecule has 146 valence electrons. The average Bonchev–Trinajstić information content (AvgIpc) is 3.33. The van der Waals surface area contributed by atoms with E-state index in [-0.39, 0.29) is 5.91 Å². The summed E-state index contributed by atoms with van der Waals surface area (Å²) >= 11 is 7.60. The molecule has 3 aromatic heterocycles. The SMILES string of the molecule is Cc1ccc(Cn2nccc2NC(=O)c2cccnc2Sc2ccccc2Cl)o1. The largest absolute Gasteiger partial charge is 0.464 e. The molecule has 1 amide bonds. The van der Waals surface area contributed by atoms with Crippen LogP contribution in [0, 0.1) is 6.92 Å². The van der Waals surface area contributed by atoms with E-state index in [9.17, 15) is 4.79 Å². The maximum Gasteiger partial charge on any atom is 0.259 e. The summed E-state index contributed by atoms with van der Waals surface area (Å²) in [6, 6.07) is 16.4. The molecule has 3 heterocycles. The maximum atomic E-state index is 13.0. The summed E-state index contributed by atoms with van der Waals surface area (Å²) in [6.07, 6.45) is 3.29. The summed E-state index contributed by atoms with van der Waals surface area (Å²) in [5.74, 6) is 1.89. The second-order valence-corrected chi connectivity index (χ2v) is 7.67. The molecular weight excluding hydrogens is 408 g/mol. The highest BCUT2D eigenvalue weighted by Crippen LogP contribution is 2.33. The molecule has 4 rings (SSSR count). The predicted molar refractivity (Wildman–Crippen MR) is 113 cm³/mol. The van der Waals surface area contributed by atoms with E-state index in [1.54, 1.807) is 35.3 Å². The number of aromatic nitrogens is 3. The highest BCUT2D eigenvalue weighted by atomic mass is 35.5. The molecule has 0 saturated carbocycles. The quantitative estimate of drug-likeness (QED) is 0.455. The molecule has 1 aromatic carbocycles. The van der Waals surface area contributed by atoms with Gasteiger partial charge in [0.15, 0.2) is 0 Å². The van der Waals surface area contributed by atoms with E-state index in [2.05, 4.69) is 15.4 Å². The Kier molecular flexibility index (Phi) is 5.69. The van der Waals surface area contributed by atoms with Crippen LogP contribution >= 0.6 is 23.4 Å². The van der Waals surface area contributed by atoms with Crippen LogP contribution in [0.15, 0.2) is 81.3 Å². The van der Waals surface area contributed by atoms with Crippen molar-refractivity contribution >= 4 is 35.1 Å². The van der Waals surface area contributed by atoms with Crippen molar-refractivity contribution in [2.45, 2.75) is 23.4 Å². The van der Waals surface area contributed by atoms with Gasteiger partial charge in [0, 0.05) is 17.2 Å². The summed E-state index contributed by atoms with van der Waals surface area (Å²) in [5.41, 5.74) is 0.457. The van der Waals surface area contributed by atoms with E-state index >= 15 is 0 Å². The van der Waals surface area contributed by atoms with Gasteiger partial charge in [-0.3, -0.25) is 4.79 Å². The Morgan fingerprint density at radius 2 is 2.00 bits per heavy atom. The summed E-state index contributed by atoms with van der Waals surface area (Å²) in [7, 11) is 0. The molecule has 4 aromatic rings. The molecule has 0 saturated heterocycles. The number of hydrogen-bond acceptors (Lipinski definition) is 5. The van der Waals surface area contributed by atoms with Crippen LogP contribution in [-0.2, 0) is 6.54 Å². The lowest BCUT2D eigenvalue weighted by Gasteiger charge is -2.11.